The summed E-state index contributed by atoms with van der Waals surface area (Å²) >= 11 is 0. The number of piperidine rings is 2. The van der Waals surface area contributed by atoms with Crippen LogP contribution in [0.2, 0.25) is 0 Å². The summed E-state index contributed by atoms with van der Waals surface area (Å²) in [5.41, 5.74) is 5.68. The van der Waals surface area contributed by atoms with Crippen LogP contribution in [0, 0.1) is 17.8 Å². The molecule has 7 aliphatic rings. The van der Waals surface area contributed by atoms with Gasteiger partial charge < -0.3 is 24.4 Å². The predicted molar refractivity (Wildman–Crippen MR) is 215 cm³/mol. The van der Waals surface area contributed by atoms with Crippen LogP contribution in [0.1, 0.15) is 72.4 Å². The van der Waals surface area contributed by atoms with Gasteiger partial charge in [0.25, 0.3) is 5.91 Å². The molecule has 8 heterocycles. The molecule has 3 amide bonds. The van der Waals surface area contributed by atoms with E-state index in [0.29, 0.717) is 49.4 Å². The highest BCUT2D eigenvalue weighted by atomic mass is 19.1. The summed E-state index contributed by atoms with van der Waals surface area (Å²) < 4.78 is 21.5. The van der Waals surface area contributed by atoms with Crippen LogP contribution in [0.15, 0.2) is 48.8 Å². The number of amides is 3. The molecule has 58 heavy (non-hydrogen) atoms. The third-order valence-electron chi connectivity index (χ3n) is 14.1. The first-order valence-corrected chi connectivity index (χ1v) is 21.0. The van der Waals surface area contributed by atoms with E-state index < -0.39 is 17.6 Å². The number of fused-ring (bicyclic) bond motifs is 8. The van der Waals surface area contributed by atoms with Gasteiger partial charge in [0, 0.05) is 105 Å². The van der Waals surface area contributed by atoms with Crippen molar-refractivity contribution < 1.29 is 23.5 Å². The number of aromatic amines is 1. The van der Waals surface area contributed by atoms with Gasteiger partial charge in [-0.1, -0.05) is 18.2 Å². The average molecular weight is 788 g/mol. The molecule has 0 radical (unpaired) electrons. The number of hydrogen-bond acceptors (Lipinski definition) is 10. The molecule has 0 spiro atoms. The monoisotopic (exact) mass is 787 g/mol. The van der Waals surface area contributed by atoms with Gasteiger partial charge in [0.2, 0.25) is 17.8 Å². The van der Waals surface area contributed by atoms with Crippen molar-refractivity contribution in [3.63, 3.8) is 0 Å². The molecule has 11 rings (SSSR count). The maximum Gasteiger partial charge on any atom is 0.255 e. The SMILES string of the molecule is C[C@@H]1Cc2c([nH]c3ccccc23)[C@@H](c2cnc(N3C[C@@H]4C(CN5CCN6c7cc8c(cc7OC[C@@H]6C5)C(=O)N([C@H]5CCC(=O)NC5=O)C8)[C@@H]4C3)nc2)N1CC(C)(C)F. The molecule has 0 bridgehead atoms. The summed E-state index contributed by atoms with van der Waals surface area (Å²) in [6.45, 7) is 12.5. The number of para-hydroxylation sites is 1. The van der Waals surface area contributed by atoms with Crippen molar-refractivity contribution in [2.45, 2.75) is 76.4 Å². The molecule has 1 unspecified atom stereocenters. The van der Waals surface area contributed by atoms with Crippen LogP contribution >= 0.6 is 0 Å². The Labute approximate surface area is 336 Å². The number of piperazine rings is 1. The first kappa shape index (κ1) is 36.0. The van der Waals surface area contributed by atoms with Crippen molar-refractivity contribution in [1.29, 1.82) is 0 Å². The minimum Gasteiger partial charge on any atom is -0.489 e. The second-order valence-corrected chi connectivity index (χ2v) is 18.4. The van der Waals surface area contributed by atoms with Crippen molar-refractivity contribution >= 4 is 40.3 Å². The number of aromatic nitrogens is 3. The van der Waals surface area contributed by atoms with Gasteiger partial charge in [0.05, 0.1) is 17.8 Å². The van der Waals surface area contributed by atoms with Crippen molar-refractivity contribution in [2.24, 2.45) is 17.8 Å². The van der Waals surface area contributed by atoms with E-state index in [1.807, 2.05) is 18.5 Å². The largest absolute Gasteiger partial charge is 0.489 e. The molecule has 13 nitrogen and oxygen atoms in total. The lowest BCUT2D eigenvalue weighted by atomic mass is 9.88. The number of carbonyl (C=O) groups excluding carboxylic acids is 3. The molecular weight excluding hydrogens is 738 g/mol. The van der Waals surface area contributed by atoms with Crippen LogP contribution in [0.5, 0.6) is 5.75 Å². The normalized spacial score (nSPS) is 29.5. The average Bonchev–Trinajstić information content (AvgIpc) is 3.51. The van der Waals surface area contributed by atoms with Crippen LogP contribution in [-0.2, 0) is 22.6 Å². The molecule has 1 saturated carbocycles. The molecule has 3 saturated heterocycles. The Balaban J connectivity index is 0.725. The van der Waals surface area contributed by atoms with E-state index in [2.05, 4.69) is 67.2 Å². The summed E-state index contributed by atoms with van der Waals surface area (Å²) in [7, 11) is 0. The number of hydrogen-bond donors (Lipinski definition) is 2. The zero-order valence-electron chi connectivity index (χ0n) is 33.3. The highest BCUT2D eigenvalue weighted by molar-refractivity contribution is 6.06. The molecule has 4 aromatic rings. The zero-order valence-corrected chi connectivity index (χ0v) is 33.3. The second kappa shape index (κ2) is 13.2. The topological polar surface area (TPSA) is 130 Å². The van der Waals surface area contributed by atoms with E-state index in [1.165, 1.54) is 10.9 Å². The van der Waals surface area contributed by atoms with E-state index in [0.717, 1.165) is 85.4 Å². The van der Waals surface area contributed by atoms with Crippen LogP contribution in [0.3, 0.4) is 0 Å². The lowest BCUT2D eigenvalue weighted by molar-refractivity contribution is -0.136. The summed E-state index contributed by atoms with van der Waals surface area (Å²) in [6.07, 6.45) is 5.37. The standard InChI is InChI=1S/C44H50FN9O4/c1-24-12-30-28-6-4-5-7-34(28)48-39(30)40(54(24)23-44(2,3)45)26-15-46-43(47-16-26)51-20-32-31(33(32)21-51)19-50-10-11-52-27(18-50)22-58-37-14-29-25(13-36(37)52)17-53(42(29)57)35-8-9-38(55)49-41(35)56/h4-7,13-16,24,27,31-33,35,40,48H,8-12,17-23H2,1-3H3,(H,49,55,56)/t24-,27+,31?,32-,33+,35+,40-/m1/s1. The van der Waals surface area contributed by atoms with Gasteiger partial charge in [-0.3, -0.25) is 29.5 Å². The summed E-state index contributed by atoms with van der Waals surface area (Å²) in [5, 5.41) is 3.62. The molecule has 2 aromatic heterocycles. The lowest BCUT2D eigenvalue weighted by Crippen LogP contribution is -2.57. The number of benzene rings is 2. The zero-order chi connectivity index (χ0) is 39.6. The molecule has 2 N–H and O–H groups in total. The Morgan fingerprint density at radius 3 is 2.57 bits per heavy atom. The van der Waals surface area contributed by atoms with E-state index in [1.54, 1.807) is 18.7 Å². The fourth-order valence-corrected chi connectivity index (χ4v) is 11.2. The van der Waals surface area contributed by atoms with Crippen molar-refractivity contribution in [1.82, 2.24) is 35.0 Å². The van der Waals surface area contributed by atoms with Crippen LogP contribution in [0.25, 0.3) is 10.9 Å². The van der Waals surface area contributed by atoms with E-state index >= 15 is 4.39 Å². The Bertz CT molecular complexity index is 2330. The molecule has 7 atom stereocenters. The molecule has 302 valence electrons. The number of halogens is 1. The van der Waals surface area contributed by atoms with Gasteiger partial charge >= 0.3 is 0 Å². The van der Waals surface area contributed by atoms with Gasteiger partial charge in [-0.05, 0) is 80.7 Å². The summed E-state index contributed by atoms with van der Waals surface area (Å²) in [5.74, 6) is 2.56. The number of nitrogens with one attached hydrogen (secondary N) is 2. The summed E-state index contributed by atoms with van der Waals surface area (Å²) in [4.78, 5) is 62.5. The maximum absolute atomic E-state index is 15.2. The highest BCUT2D eigenvalue weighted by Crippen LogP contribution is 2.53. The third-order valence-corrected chi connectivity index (χ3v) is 14.1. The minimum atomic E-state index is -1.35. The minimum absolute atomic E-state index is 0.157. The van der Waals surface area contributed by atoms with Crippen LogP contribution in [-0.4, -0.2) is 124 Å². The first-order chi connectivity index (χ1) is 28.0. The van der Waals surface area contributed by atoms with Crippen molar-refractivity contribution in [3.05, 3.63) is 76.7 Å². The fourth-order valence-electron chi connectivity index (χ4n) is 11.2. The van der Waals surface area contributed by atoms with Crippen LogP contribution in [0.4, 0.5) is 16.0 Å². The van der Waals surface area contributed by atoms with Gasteiger partial charge in [0.15, 0.2) is 0 Å². The van der Waals surface area contributed by atoms with E-state index in [4.69, 9.17) is 14.7 Å². The molecule has 1 aliphatic carbocycles. The Morgan fingerprint density at radius 1 is 1.00 bits per heavy atom. The lowest BCUT2D eigenvalue weighted by Gasteiger charge is -2.46. The van der Waals surface area contributed by atoms with E-state index in [-0.39, 0.29) is 36.4 Å². The maximum atomic E-state index is 15.2. The predicted octanol–water partition coefficient (Wildman–Crippen LogP) is 4.07. The van der Waals surface area contributed by atoms with Crippen LogP contribution < -0.4 is 19.9 Å². The van der Waals surface area contributed by atoms with Gasteiger partial charge in [-0.15, -0.1) is 0 Å². The Morgan fingerprint density at radius 2 is 1.79 bits per heavy atom. The first-order valence-electron chi connectivity index (χ1n) is 21.0. The number of imide groups is 1. The molecule has 4 fully saturated rings. The van der Waals surface area contributed by atoms with Crippen molar-refractivity contribution in [2.75, 3.05) is 62.2 Å². The highest BCUT2D eigenvalue weighted by Gasteiger charge is 2.56. The number of H-pyrrole nitrogens is 1. The number of carbonyl (C=O) groups is 3. The number of rotatable bonds is 7. The van der Waals surface area contributed by atoms with Gasteiger partial charge in [0.1, 0.15) is 24.1 Å². The second-order valence-electron chi connectivity index (χ2n) is 18.4. The molecule has 14 heteroatoms. The van der Waals surface area contributed by atoms with Gasteiger partial charge in [-0.2, -0.15) is 0 Å². The fraction of sp³-hybridized carbons (Fsp3) is 0.523. The molecular formula is C44H50FN9O4. The van der Waals surface area contributed by atoms with Gasteiger partial charge in [-0.25, -0.2) is 14.4 Å². The molecule has 2 aromatic carbocycles. The number of anilines is 2. The third kappa shape index (κ3) is 5.96. The van der Waals surface area contributed by atoms with Crippen molar-refractivity contribution in [3.8, 4) is 5.75 Å². The smallest absolute Gasteiger partial charge is 0.255 e. The summed E-state index contributed by atoms with van der Waals surface area (Å²) in [6, 6.07) is 12.0. The quantitative estimate of drug-likeness (QED) is 0.265. The number of alkyl halides is 1. The number of nitrogens with zero attached hydrogens (tertiary/aromatic N) is 7. The number of ether oxygens (including phenoxy) is 1. The molecule has 6 aliphatic heterocycles. The Hall–Kier alpha value is -5.08. The Kier molecular flexibility index (Phi) is 8.21. The van der Waals surface area contributed by atoms with E-state index in [9.17, 15) is 14.4 Å².